The zero-order valence-corrected chi connectivity index (χ0v) is 11.6. The molecule has 0 saturated carbocycles. The van der Waals surface area contributed by atoms with E-state index in [1.54, 1.807) is 45.7 Å². The van der Waals surface area contributed by atoms with Crippen LogP contribution < -0.4 is 14.2 Å². The summed E-state index contributed by atoms with van der Waals surface area (Å²) in [6.07, 6.45) is 1.59. The Hall–Kier alpha value is -2.01. The van der Waals surface area contributed by atoms with Gasteiger partial charge in [0.05, 0.1) is 27.0 Å². The van der Waals surface area contributed by atoms with Crippen LogP contribution in [0.5, 0.6) is 17.2 Å². The van der Waals surface area contributed by atoms with Crippen molar-refractivity contribution in [1.82, 2.24) is 9.97 Å². The van der Waals surface area contributed by atoms with Crippen LogP contribution >= 0.6 is 11.6 Å². The molecular weight excluding hydrogens is 268 g/mol. The molecule has 0 atom stereocenters. The Balaban J connectivity index is 2.59. The first-order valence-corrected chi connectivity index (χ1v) is 5.86. The van der Waals surface area contributed by atoms with Crippen LogP contribution in [0, 0.1) is 0 Å². The Morgan fingerprint density at radius 2 is 1.63 bits per heavy atom. The largest absolute Gasteiger partial charge is 0.493 e. The molecule has 0 saturated heterocycles. The first-order valence-electron chi connectivity index (χ1n) is 5.48. The smallest absolute Gasteiger partial charge is 0.222 e. The van der Waals surface area contributed by atoms with Gasteiger partial charge >= 0.3 is 0 Å². The Morgan fingerprint density at radius 1 is 1.00 bits per heavy atom. The van der Waals surface area contributed by atoms with Gasteiger partial charge in [0.15, 0.2) is 11.5 Å². The fourth-order valence-corrected chi connectivity index (χ4v) is 1.87. The molecule has 0 amide bonds. The van der Waals surface area contributed by atoms with Crippen molar-refractivity contribution in [2.45, 2.75) is 0 Å². The summed E-state index contributed by atoms with van der Waals surface area (Å²) in [6, 6.07) is 5.37. The van der Waals surface area contributed by atoms with Crippen molar-refractivity contribution in [3.63, 3.8) is 0 Å². The molecule has 2 aromatic rings. The Bertz CT molecular complexity index is 565. The van der Waals surface area contributed by atoms with E-state index in [1.165, 1.54) is 0 Å². The Labute approximate surface area is 116 Å². The minimum absolute atomic E-state index is 0.186. The molecule has 0 aliphatic carbocycles. The van der Waals surface area contributed by atoms with Crippen molar-refractivity contribution < 1.29 is 14.2 Å². The number of nitrogens with zero attached hydrogens (tertiary/aromatic N) is 2. The van der Waals surface area contributed by atoms with E-state index in [4.69, 9.17) is 25.8 Å². The molecule has 0 radical (unpaired) electrons. The van der Waals surface area contributed by atoms with E-state index >= 15 is 0 Å². The minimum atomic E-state index is 0.186. The number of halogens is 1. The molecule has 0 unspecified atom stereocenters. The average molecular weight is 281 g/mol. The van der Waals surface area contributed by atoms with Crippen molar-refractivity contribution in [2.24, 2.45) is 0 Å². The highest BCUT2D eigenvalue weighted by Gasteiger charge is 2.14. The molecule has 5 nitrogen and oxygen atoms in total. The van der Waals surface area contributed by atoms with Crippen molar-refractivity contribution in [3.05, 3.63) is 29.7 Å². The van der Waals surface area contributed by atoms with Crippen LogP contribution in [0.15, 0.2) is 24.4 Å². The number of ether oxygens (including phenoxy) is 3. The highest BCUT2D eigenvalue weighted by molar-refractivity contribution is 6.28. The van der Waals surface area contributed by atoms with E-state index < -0.39 is 0 Å². The predicted molar refractivity (Wildman–Crippen MR) is 72.1 cm³/mol. The molecule has 1 aromatic carbocycles. The first-order chi connectivity index (χ1) is 9.19. The summed E-state index contributed by atoms with van der Waals surface area (Å²) in [4.78, 5) is 8.00. The van der Waals surface area contributed by atoms with Crippen molar-refractivity contribution >= 4 is 11.6 Å². The van der Waals surface area contributed by atoms with E-state index in [0.717, 1.165) is 5.56 Å². The number of hydrogen-bond acceptors (Lipinski definition) is 5. The maximum atomic E-state index is 5.79. The van der Waals surface area contributed by atoms with Gasteiger partial charge in [0, 0.05) is 11.8 Å². The quantitative estimate of drug-likeness (QED) is 0.806. The summed E-state index contributed by atoms with van der Waals surface area (Å²) >= 11 is 5.79. The van der Waals surface area contributed by atoms with Crippen LogP contribution in [-0.4, -0.2) is 31.3 Å². The number of aromatic nitrogens is 2. The third kappa shape index (κ3) is 2.71. The predicted octanol–water partition coefficient (Wildman–Crippen LogP) is 2.82. The normalized spacial score (nSPS) is 10.1. The second-order valence-electron chi connectivity index (χ2n) is 3.62. The van der Waals surface area contributed by atoms with E-state index in [1.807, 2.05) is 0 Å². The third-order valence-electron chi connectivity index (χ3n) is 2.59. The fourth-order valence-electron chi connectivity index (χ4n) is 1.72. The molecule has 0 spiro atoms. The standard InChI is InChI=1S/C13H13ClN2O3/c1-17-10-6-8(7-11(18-2)12(10)19-3)9-4-5-15-13(14)16-9/h4-7H,1-3H3. The van der Waals surface area contributed by atoms with Crippen molar-refractivity contribution in [3.8, 4) is 28.5 Å². The highest BCUT2D eigenvalue weighted by Crippen LogP contribution is 2.40. The van der Waals surface area contributed by atoms with Gasteiger partial charge in [-0.05, 0) is 29.8 Å². The molecule has 1 heterocycles. The Kier molecular flexibility index (Phi) is 4.06. The fraction of sp³-hybridized carbons (Fsp3) is 0.231. The average Bonchev–Trinajstić information content (AvgIpc) is 2.45. The van der Waals surface area contributed by atoms with E-state index in [0.29, 0.717) is 22.9 Å². The highest BCUT2D eigenvalue weighted by atomic mass is 35.5. The van der Waals surface area contributed by atoms with E-state index in [2.05, 4.69) is 9.97 Å². The van der Waals surface area contributed by atoms with Gasteiger partial charge in [-0.1, -0.05) is 0 Å². The lowest BCUT2D eigenvalue weighted by Gasteiger charge is -2.13. The summed E-state index contributed by atoms with van der Waals surface area (Å²) < 4.78 is 15.8. The molecule has 19 heavy (non-hydrogen) atoms. The van der Waals surface area contributed by atoms with Gasteiger partial charge in [0.1, 0.15) is 0 Å². The molecular formula is C13H13ClN2O3. The van der Waals surface area contributed by atoms with Crippen molar-refractivity contribution in [2.75, 3.05) is 21.3 Å². The number of rotatable bonds is 4. The van der Waals surface area contributed by atoms with Crippen LogP contribution in [-0.2, 0) is 0 Å². The van der Waals surface area contributed by atoms with Gasteiger partial charge in [-0.2, -0.15) is 0 Å². The lowest BCUT2D eigenvalue weighted by molar-refractivity contribution is 0.324. The molecule has 1 aromatic heterocycles. The topological polar surface area (TPSA) is 53.5 Å². The summed E-state index contributed by atoms with van der Waals surface area (Å²) in [5.41, 5.74) is 1.48. The van der Waals surface area contributed by atoms with E-state index in [-0.39, 0.29) is 5.28 Å². The number of hydrogen-bond donors (Lipinski definition) is 0. The van der Waals surface area contributed by atoms with Crippen LogP contribution in [0.4, 0.5) is 0 Å². The van der Waals surface area contributed by atoms with Crippen LogP contribution in [0.25, 0.3) is 11.3 Å². The molecule has 2 rings (SSSR count). The second-order valence-corrected chi connectivity index (χ2v) is 3.96. The molecule has 0 bridgehead atoms. The van der Waals surface area contributed by atoms with Crippen LogP contribution in [0.3, 0.4) is 0 Å². The molecule has 0 N–H and O–H groups in total. The van der Waals surface area contributed by atoms with Crippen molar-refractivity contribution in [1.29, 1.82) is 0 Å². The monoisotopic (exact) mass is 280 g/mol. The summed E-state index contributed by atoms with van der Waals surface area (Å²) in [5, 5.41) is 0.186. The molecule has 0 aliphatic rings. The SMILES string of the molecule is COc1cc(-c2ccnc(Cl)n2)cc(OC)c1OC. The third-order valence-corrected chi connectivity index (χ3v) is 2.77. The maximum absolute atomic E-state index is 5.79. The summed E-state index contributed by atoms with van der Waals surface area (Å²) in [5.74, 6) is 1.66. The maximum Gasteiger partial charge on any atom is 0.222 e. The second kappa shape index (κ2) is 5.75. The van der Waals surface area contributed by atoms with Gasteiger partial charge in [0.2, 0.25) is 11.0 Å². The summed E-state index contributed by atoms with van der Waals surface area (Å²) in [6.45, 7) is 0. The number of benzene rings is 1. The lowest BCUT2D eigenvalue weighted by Crippen LogP contribution is -1.96. The van der Waals surface area contributed by atoms with Gasteiger partial charge in [0.25, 0.3) is 0 Å². The number of methoxy groups -OCH3 is 3. The Morgan fingerprint density at radius 3 is 2.11 bits per heavy atom. The molecule has 6 heteroatoms. The van der Waals surface area contributed by atoms with Crippen LogP contribution in [0.2, 0.25) is 5.28 Å². The van der Waals surface area contributed by atoms with Gasteiger partial charge in [-0.3, -0.25) is 0 Å². The zero-order valence-electron chi connectivity index (χ0n) is 10.8. The molecule has 100 valence electrons. The zero-order chi connectivity index (χ0) is 13.8. The van der Waals surface area contributed by atoms with Crippen LogP contribution in [0.1, 0.15) is 0 Å². The first kappa shape index (κ1) is 13.4. The minimum Gasteiger partial charge on any atom is -0.493 e. The van der Waals surface area contributed by atoms with Gasteiger partial charge in [-0.15, -0.1) is 0 Å². The lowest BCUT2D eigenvalue weighted by atomic mass is 10.1. The van der Waals surface area contributed by atoms with E-state index in [9.17, 15) is 0 Å². The summed E-state index contributed by atoms with van der Waals surface area (Å²) in [7, 11) is 4.68. The molecule has 0 fully saturated rings. The van der Waals surface area contributed by atoms with Gasteiger partial charge in [-0.25, -0.2) is 9.97 Å². The molecule has 0 aliphatic heterocycles. The van der Waals surface area contributed by atoms with Gasteiger partial charge < -0.3 is 14.2 Å².